The Morgan fingerprint density at radius 3 is 2.13 bits per heavy atom. The van der Waals surface area contributed by atoms with Crippen molar-refractivity contribution in [2.24, 2.45) is 10.9 Å². The summed E-state index contributed by atoms with van der Waals surface area (Å²) in [7, 11) is -4.00. The molecule has 0 radical (unpaired) electrons. The minimum atomic E-state index is -4.00. The zero-order valence-electron chi connectivity index (χ0n) is 15.8. The lowest BCUT2D eigenvalue weighted by Gasteiger charge is -2.26. The summed E-state index contributed by atoms with van der Waals surface area (Å²) in [6.07, 6.45) is -7.41. The van der Waals surface area contributed by atoms with Gasteiger partial charge in [-0.3, -0.25) is 4.79 Å². The number of benzene rings is 2. The second-order valence-electron chi connectivity index (χ2n) is 6.77. The third-order valence-corrected chi connectivity index (χ3v) is 5.56. The molecule has 0 saturated carbocycles. The molecule has 4 atom stereocenters. The summed E-state index contributed by atoms with van der Waals surface area (Å²) < 4.78 is 23.3. The Morgan fingerprint density at radius 2 is 1.57 bits per heavy atom. The quantitative estimate of drug-likeness (QED) is 0.233. The van der Waals surface area contributed by atoms with Crippen molar-refractivity contribution in [3.8, 4) is 11.1 Å². The van der Waals surface area contributed by atoms with E-state index >= 15 is 0 Å². The van der Waals surface area contributed by atoms with Crippen molar-refractivity contribution in [2.75, 3.05) is 6.61 Å². The van der Waals surface area contributed by atoms with Gasteiger partial charge in [0.05, 0.1) is 17.6 Å². The molecule has 164 valence electrons. The van der Waals surface area contributed by atoms with E-state index in [0.29, 0.717) is 11.1 Å². The van der Waals surface area contributed by atoms with E-state index in [0.717, 1.165) is 0 Å². The first-order chi connectivity index (χ1) is 14.0. The molecule has 0 saturated heterocycles. The maximum absolute atomic E-state index is 11.9. The maximum Gasteiger partial charge on any atom is 0.248 e. The molecule has 1 amide bonds. The first-order valence-corrected chi connectivity index (χ1v) is 10.4. The number of nitrogens with two attached hydrogens (primary N) is 2. The molecule has 0 bridgehead atoms. The van der Waals surface area contributed by atoms with Gasteiger partial charge in [-0.05, 0) is 34.9 Å². The SMILES string of the molecule is NC(=O)c1cccc(-c2cccc(S(N)(=O)=O)c2)c1CC(O)C(O)C(O)C(O)CO. The monoisotopic (exact) mass is 440 g/mol. The predicted molar refractivity (Wildman–Crippen MR) is 107 cm³/mol. The topological polar surface area (TPSA) is 204 Å². The van der Waals surface area contributed by atoms with E-state index in [1.54, 1.807) is 12.1 Å². The summed E-state index contributed by atoms with van der Waals surface area (Å²) in [6.45, 7) is -0.839. The number of rotatable bonds is 9. The largest absolute Gasteiger partial charge is 0.394 e. The Bertz CT molecular complexity index is 1010. The molecule has 0 aliphatic carbocycles. The van der Waals surface area contributed by atoms with Gasteiger partial charge in [0.15, 0.2) is 0 Å². The highest BCUT2D eigenvalue weighted by Gasteiger charge is 2.31. The van der Waals surface area contributed by atoms with E-state index in [2.05, 4.69) is 0 Å². The zero-order chi connectivity index (χ0) is 22.6. The van der Waals surface area contributed by atoms with Gasteiger partial charge >= 0.3 is 0 Å². The molecule has 0 aliphatic heterocycles. The minimum Gasteiger partial charge on any atom is -0.394 e. The lowest BCUT2D eigenvalue weighted by atomic mass is 9.89. The number of aliphatic hydroxyl groups is 5. The molecule has 2 aromatic rings. The smallest absolute Gasteiger partial charge is 0.248 e. The average molecular weight is 440 g/mol. The van der Waals surface area contributed by atoms with Gasteiger partial charge in [-0.1, -0.05) is 24.3 Å². The molecule has 4 unspecified atom stereocenters. The van der Waals surface area contributed by atoms with Crippen LogP contribution in [0.25, 0.3) is 11.1 Å². The van der Waals surface area contributed by atoms with Crippen LogP contribution in [0, 0.1) is 0 Å². The fourth-order valence-electron chi connectivity index (χ4n) is 3.04. The van der Waals surface area contributed by atoms with Crippen molar-refractivity contribution >= 4 is 15.9 Å². The molecule has 2 rings (SSSR count). The molecule has 0 aliphatic rings. The van der Waals surface area contributed by atoms with Crippen molar-refractivity contribution in [1.29, 1.82) is 0 Å². The van der Waals surface area contributed by atoms with Crippen molar-refractivity contribution in [3.05, 3.63) is 53.6 Å². The number of carbonyl (C=O) groups is 1. The Hall–Kier alpha value is -2.38. The van der Waals surface area contributed by atoms with Crippen molar-refractivity contribution in [1.82, 2.24) is 0 Å². The molecule has 0 aromatic heterocycles. The van der Waals surface area contributed by atoms with E-state index in [1.165, 1.54) is 30.3 Å². The van der Waals surface area contributed by atoms with E-state index in [9.17, 15) is 33.6 Å². The molecule has 11 heteroatoms. The van der Waals surface area contributed by atoms with Gasteiger partial charge in [-0.15, -0.1) is 0 Å². The fraction of sp³-hybridized carbons (Fsp3) is 0.316. The highest BCUT2D eigenvalue weighted by molar-refractivity contribution is 7.89. The minimum absolute atomic E-state index is 0.0111. The number of primary amides is 1. The average Bonchev–Trinajstić information content (AvgIpc) is 2.71. The standard InChI is InChI=1S/C19H24N2O8S/c20-19(27)13-6-2-5-12(10-3-1-4-11(7-10)30(21,28)29)14(13)8-15(23)17(25)18(26)16(24)9-22/h1-7,15-18,22-26H,8-9H2,(H2,20,27)(H2,21,28,29). The molecular weight excluding hydrogens is 416 g/mol. The zero-order valence-corrected chi connectivity index (χ0v) is 16.6. The van der Waals surface area contributed by atoms with Crippen LogP contribution in [0.4, 0.5) is 0 Å². The van der Waals surface area contributed by atoms with E-state index in [4.69, 9.17) is 16.0 Å². The van der Waals surface area contributed by atoms with Gasteiger partial charge in [-0.2, -0.15) is 0 Å². The van der Waals surface area contributed by atoms with Crippen LogP contribution in [-0.4, -0.2) is 70.9 Å². The second kappa shape index (κ2) is 9.62. The van der Waals surface area contributed by atoms with Crippen LogP contribution in [-0.2, 0) is 16.4 Å². The van der Waals surface area contributed by atoms with Gasteiger partial charge < -0.3 is 31.3 Å². The van der Waals surface area contributed by atoms with Crippen LogP contribution < -0.4 is 10.9 Å². The summed E-state index contributed by atoms with van der Waals surface area (Å²) in [4.78, 5) is 11.7. The molecule has 0 fully saturated rings. The number of amides is 1. The van der Waals surface area contributed by atoms with Gasteiger partial charge in [0.2, 0.25) is 15.9 Å². The number of aliphatic hydroxyl groups excluding tert-OH is 5. The van der Waals surface area contributed by atoms with E-state index in [-0.39, 0.29) is 22.4 Å². The van der Waals surface area contributed by atoms with Crippen LogP contribution in [0.2, 0.25) is 0 Å². The third kappa shape index (κ3) is 5.40. The van der Waals surface area contributed by atoms with Crippen LogP contribution in [0.3, 0.4) is 0 Å². The second-order valence-corrected chi connectivity index (χ2v) is 8.33. The van der Waals surface area contributed by atoms with Crippen LogP contribution in [0.5, 0.6) is 0 Å². The maximum atomic E-state index is 11.9. The highest BCUT2D eigenvalue weighted by Crippen LogP contribution is 2.30. The molecule has 10 nitrogen and oxygen atoms in total. The summed E-state index contributed by atoms with van der Waals surface area (Å²) in [5, 5.41) is 53.9. The summed E-state index contributed by atoms with van der Waals surface area (Å²) in [6, 6.07) is 10.0. The molecular formula is C19H24N2O8S. The highest BCUT2D eigenvalue weighted by atomic mass is 32.2. The van der Waals surface area contributed by atoms with Gasteiger partial charge in [0.25, 0.3) is 0 Å². The van der Waals surface area contributed by atoms with Gasteiger partial charge in [0.1, 0.15) is 18.3 Å². The first-order valence-electron chi connectivity index (χ1n) is 8.85. The Labute approximate surface area is 173 Å². The number of sulfonamides is 1. The molecule has 0 heterocycles. The summed E-state index contributed by atoms with van der Waals surface area (Å²) >= 11 is 0. The molecule has 9 N–H and O–H groups in total. The van der Waals surface area contributed by atoms with Gasteiger partial charge in [-0.25, -0.2) is 13.6 Å². The van der Waals surface area contributed by atoms with E-state index < -0.39 is 47.0 Å². The van der Waals surface area contributed by atoms with Crippen molar-refractivity contribution in [2.45, 2.75) is 35.7 Å². The fourth-order valence-corrected chi connectivity index (χ4v) is 3.60. The van der Waals surface area contributed by atoms with E-state index in [1.807, 2.05) is 0 Å². The molecule has 30 heavy (non-hydrogen) atoms. The number of carbonyl (C=O) groups excluding carboxylic acids is 1. The lowest BCUT2D eigenvalue weighted by Crippen LogP contribution is -2.46. The Kier molecular flexibility index (Phi) is 7.66. The lowest BCUT2D eigenvalue weighted by molar-refractivity contribution is -0.114. The number of hydrogen-bond acceptors (Lipinski definition) is 8. The van der Waals surface area contributed by atoms with Crippen molar-refractivity contribution < 1.29 is 38.7 Å². The first kappa shape index (κ1) is 23.9. The normalized spacial score (nSPS) is 15.9. The summed E-state index contributed by atoms with van der Waals surface area (Å²) in [5.74, 6) is -0.827. The number of hydrogen-bond donors (Lipinski definition) is 7. The van der Waals surface area contributed by atoms with Crippen LogP contribution >= 0.6 is 0 Å². The Morgan fingerprint density at radius 1 is 0.967 bits per heavy atom. The molecule has 0 spiro atoms. The number of primary sulfonamides is 1. The van der Waals surface area contributed by atoms with Crippen molar-refractivity contribution in [3.63, 3.8) is 0 Å². The molecule has 2 aromatic carbocycles. The third-order valence-electron chi connectivity index (χ3n) is 4.65. The predicted octanol–water partition coefficient (Wildman–Crippen LogP) is -1.92. The van der Waals surface area contributed by atoms with Crippen LogP contribution in [0.15, 0.2) is 47.4 Å². The van der Waals surface area contributed by atoms with Crippen LogP contribution in [0.1, 0.15) is 15.9 Å². The Balaban J connectivity index is 2.53. The summed E-state index contributed by atoms with van der Waals surface area (Å²) in [5.41, 5.74) is 6.33. The van der Waals surface area contributed by atoms with Gasteiger partial charge in [0, 0.05) is 12.0 Å².